The van der Waals surface area contributed by atoms with Crippen molar-refractivity contribution in [1.82, 2.24) is 0 Å². The number of hydrogen-bond donors (Lipinski definition) is 1. The third-order valence-electron chi connectivity index (χ3n) is 3.80. The Morgan fingerprint density at radius 3 is 2.75 bits per heavy atom. The fraction of sp³-hybridized carbons (Fsp3) is 0.750. The lowest BCUT2D eigenvalue weighted by Crippen LogP contribution is -2.56. The number of aliphatic hydroxyl groups excluding tert-OH is 1. The molecule has 2 atom stereocenters. The molecule has 2 fully saturated rings. The van der Waals surface area contributed by atoms with Gasteiger partial charge in [0.2, 0.25) is 5.79 Å². The first-order valence-electron chi connectivity index (χ1n) is 5.96. The van der Waals surface area contributed by atoms with Crippen LogP contribution in [0.1, 0.15) is 32.1 Å². The highest BCUT2D eigenvalue weighted by molar-refractivity contribution is 5.80. The highest BCUT2D eigenvalue weighted by Crippen LogP contribution is 2.44. The summed E-state index contributed by atoms with van der Waals surface area (Å²) in [5.41, 5.74) is 0.737. The smallest absolute Gasteiger partial charge is 0.318 e. The molecule has 3 rings (SSSR count). The van der Waals surface area contributed by atoms with Crippen LogP contribution in [0.3, 0.4) is 0 Å². The Kier molecular flexibility index (Phi) is 2.30. The molecule has 0 radical (unpaired) electrons. The van der Waals surface area contributed by atoms with Crippen LogP contribution >= 0.6 is 0 Å². The van der Waals surface area contributed by atoms with Gasteiger partial charge in [0.05, 0.1) is 12.7 Å². The second kappa shape index (κ2) is 3.57. The van der Waals surface area contributed by atoms with Crippen LogP contribution in [-0.4, -0.2) is 29.6 Å². The first-order valence-corrected chi connectivity index (χ1v) is 5.96. The number of rotatable bonds is 1. The zero-order valence-electron chi connectivity index (χ0n) is 9.15. The number of fused-ring (bicyclic) bond motifs is 1. The number of carbonyl (C=O) groups is 1. The predicted molar refractivity (Wildman–Crippen MR) is 55.4 cm³/mol. The van der Waals surface area contributed by atoms with E-state index in [0.29, 0.717) is 0 Å². The SMILES string of the molecule is O=C1OC2(CCCCC2)O[C@H]2C=C(CO)[C@@H]12. The Morgan fingerprint density at radius 1 is 1.38 bits per heavy atom. The predicted octanol–water partition coefficient (Wildman–Crippen LogP) is 1.14. The van der Waals surface area contributed by atoms with Crippen LogP contribution in [0.5, 0.6) is 0 Å². The Bertz CT molecular complexity index is 341. The summed E-state index contributed by atoms with van der Waals surface area (Å²) in [6.45, 7) is -0.0768. The van der Waals surface area contributed by atoms with E-state index in [4.69, 9.17) is 14.6 Å². The first kappa shape index (κ1) is 10.3. The molecular formula is C12H16O4. The van der Waals surface area contributed by atoms with Crippen molar-refractivity contribution in [2.24, 2.45) is 5.92 Å². The van der Waals surface area contributed by atoms with E-state index < -0.39 is 5.79 Å². The summed E-state index contributed by atoms with van der Waals surface area (Å²) in [5, 5.41) is 9.01. The van der Waals surface area contributed by atoms with Crippen molar-refractivity contribution in [2.75, 3.05) is 6.61 Å². The van der Waals surface area contributed by atoms with E-state index in [9.17, 15) is 4.79 Å². The minimum atomic E-state index is -0.659. The summed E-state index contributed by atoms with van der Waals surface area (Å²) in [6.07, 6.45) is 6.61. The van der Waals surface area contributed by atoms with Crippen molar-refractivity contribution in [3.05, 3.63) is 11.6 Å². The van der Waals surface area contributed by atoms with Gasteiger partial charge in [-0.3, -0.25) is 4.79 Å². The van der Waals surface area contributed by atoms with Crippen molar-refractivity contribution >= 4 is 5.97 Å². The van der Waals surface area contributed by atoms with Gasteiger partial charge in [0.25, 0.3) is 0 Å². The van der Waals surface area contributed by atoms with Crippen molar-refractivity contribution in [3.63, 3.8) is 0 Å². The highest BCUT2D eigenvalue weighted by atomic mass is 16.7. The lowest BCUT2D eigenvalue weighted by molar-refractivity contribution is -0.291. The van der Waals surface area contributed by atoms with Crippen molar-refractivity contribution in [1.29, 1.82) is 0 Å². The maximum absolute atomic E-state index is 11.8. The number of carbonyl (C=O) groups excluding carboxylic acids is 1. The fourth-order valence-corrected chi connectivity index (χ4v) is 2.87. The number of hydrogen-bond acceptors (Lipinski definition) is 4. The minimum Gasteiger partial charge on any atom is -0.433 e. The van der Waals surface area contributed by atoms with Crippen LogP contribution in [0.2, 0.25) is 0 Å². The molecule has 0 bridgehead atoms. The average Bonchev–Trinajstić information content (AvgIpc) is 2.23. The molecule has 1 heterocycles. The summed E-state index contributed by atoms with van der Waals surface area (Å²) >= 11 is 0. The molecule has 0 aromatic heterocycles. The summed E-state index contributed by atoms with van der Waals surface area (Å²) in [6, 6.07) is 0. The zero-order valence-corrected chi connectivity index (χ0v) is 9.15. The monoisotopic (exact) mass is 224 g/mol. The quantitative estimate of drug-likeness (QED) is 0.536. The summed E-state index contributed by atoms with van der Waals surface area (Å²) in [4.78, 5) is 11.8. The van der Waals surface area contributed by atoms with E-state index >= 15 is 0 Å². The van der Waals surface area contributed by atoms with Crippen molar-refractivity contribution < 1.29 is 19.4 Å². The van der Waals surface area contributed by atoms with E-state index in [0.717, 1.165) is 31.3 Å². The van der Waals surface area contributed by atoms with Gasteiger partial charge in [0.15, 0.2) is 0 Å². The number of ether oxygens (including phenoxy) is 2. The molecule has 1 aliphatic heterocycles. The second-order valence-electron chi connectivity index (χ2n) is 4.85. The van der Waals surface area contributed by atoms with E-state index in [2.05, 4.69) is 0 Å². The van der Waals surface area contributed by atoms with Gasteiger partial charge in [0, 0.05) is 12.8 Å². The van der Waals surface area contributed by atoms with E-state index in [1.165, 1.54) is 6.42 Å². The maximum Gasteiger partial charge on any atom is 0.318 e. The summed E-state index contributed by atoms with van der Waals surface area (Å²) in [7, 11) is 0. The maximum atomic E-state index is 11.8. The third-order valence-corrected chi connectivity index (χ3v) is 3.80. The van der Waals surface area contributed by atoms with Crippen LogP contribution in [0.4, 0.5) is 0 Å². The molecule has 16 heavy (non-hydrogen) atoms. The van der Waals surface area contributed by atoms with Crippen LogP contribution in [0, 0.1) is 5.92 Å². The van der Waals surface area contributed by atoms with E-state index in [1.807, 2.05) is 6.08 Å². The lowest BCUT2D eigenvalue weighted by Gasteiger charge is -2.48. The molecule has 1 N–H and O–H groups in total. The molecule has 3 aliphatic rings. The van der Waals surface area contributed by atoms with Gasteiger partial charge in [-0.25, -0.2) is 0 Å². The van der Waals surface area contributed by atoms with Gasteiger partial charge < -0.3 is 14.6 Å². The first-order chi connectivity index (χ1) is 7.74. The molecule has 4 nitrogen and oxygen atoms in total. The van der Waals surface area contributed by atoms with Gasteiger partial charge in [0.1, 0.15) is 5.92 Å². The van der Waals surface area contributed by atoms with Gasteiger partial charge in [-0.1, -0.05) is 12.5 Å². The Labute approximate surface area is 94.2 Å². The van der Waals surface area contributed by atoms with Crippen LogP contribution in [0.25, 0.3) is 0 Å². The largest absolute Gasteiger partial charge is 0.433 e. The molecule has 0 amide bonds. The molecule has 1 spiro atoms. The van der Waals surface area contributed by atoms with Gasteiger partial charge >= 0.3 is 5.97 Å². The Morgan fingerprint density at radius 2 is 2.12 bits per heavy atom. The number of aliphatic hydroxyl groups is 1. The molecule has 4 heteroatoms. The van der Waals surface area contributed by atoms with Crippen molar-refractivity contribution in [2.45, 2.75) is 44.0 Å². The normalized spacial score (nSPS) is 36.1. The average molecular weight is 224 g/mol. The molecular weight excluding hydrogens is 208 g/mol. The van der Waals surface area contributed by atoms with Gasteiger partial charge in [-0.2, -0.15) is 0 Å². The molecule has 0 aromatic rings. The topological polar surface area (TPSA) is 55.8 Å². The van der Waals surface area contributed by atoms with Crippen LogP contribution in [-0.2, 0) is 14.3 Å². The van der Waals surface area contributed by atoms with E-state index in [-0.39, 0.29) is 24.6 Å². The minimum absolute atomic E-state index is 0.0768. The third kappa shape index (κ3) is 1.40. The molecule has 0 aromatic carbocycles. The molecule has 88 valence electrons. The lowest BCUT2D eigenvalue weighted by atomic mass is 9.80. The molecule has 0 unspecified atom stereocenters. The number of esters is 1. The van der Waals surface area contributed by atoms with Crippen LogP contribution in [0.15, 0.2) is 11.6 Å². The van der Waals surface area contributed by atoms with Gasteiger partial charge in [-0.05, 0) is 18.4 Å². The molecule has 1 saturated carbocycles. The second-order valence-corrected chi connectivity index (χ2v) is 4.85. The van der Waals surface area contributed by atoms with E-state index in [1.54, 1.807) is 0 Å². The van der Waals surface area contributed by atoms with Gasteiger partial charge in [-0.15, -0.1) is 0 Å². The highest BCUT2D eigenvalue weighted by Gasteiger charge is 2.52. The zero-order chi connectivity index (χ0) is 11.2. The Balaban J connectivity index is 1.79. The van der Waals surface area contributed by atoms with Crippen molar-refractivity contribution in [3.8, 4) is 0 Å². The van der Waals surface area contributed by atoms with Crippen LogP contribution < -0.4 is 0 Å². The summed E-state index contributed by atoms with van der Waals surface area (Å²) < 4.78 is 11.4. The Hall–Kier alpha value is -0.870. The molecule has 2 aliphatic carbocycles. The summed E-state index contributed by atoms with van der Waals surface area (Å²) in [5.74, 6) is -1.23. The molecule has 1 saturated heterocycles. The standard InChI is InChI=1S/C12H16O4/c13-7-8-6-9-10(8)11(14)16-12(15-9)4-2-1-3-5-12/h6,9-10,13H,1-5,7H2/t9-,10+/m0/s1. The fourth-order valence-electron chi connectivity index (χ4n) is 2.87.